The number of hydrogen-bond donors (Lipinski definition) is 2. The maximum absolute atomic E-state index is 9.08. The van der Waals surface area contributed by atoms with E-state index >= 15 is 0 Å². The maximum atomic E-state index is 9.08. The molecule has 7 nitrogen and oxygen atoms in total. The number of carbonyl (C=O) groups is 2. The zero-order valence-electron chi connectivity index (χ0n) is 4.59. The van der Waals surface area contributed by atoms with E-state index in [9.17, 15) is 0 Å². The van der Waals surface area contributed by atoms with E-state index in [1.165, 1.54) is 0 Å². The summed E-state index contributed by atoms with van der Waals surface area (Å²) < 4.78 is 20.5. The number of aliphatic carboxylic acids is 1. The Kier molecular flexibility index (Phi) is 8.88. The Morgan fingerprint density at radius 1 is 1.60 bits per heavy atom. The molecule has 0 aliphatic carbocycles. The summed E-state index contributed by atoms with van der Waals surface area (Å²) >= 11 is 0. The fourth-order valence-electron chi connectivity index (χ4n) is 0. The zero-order valence-corrected chi connectivity index (χ0v) is 5.41. The van der Waals surface area contributed by atoms with Gasteiger partial charge in [0, 0.05) is 0 Å². The van der Waals surface area contributed by atoms with E-state index in [4.69, 9.17) is 23.1 Å². The summed E-state index contributed by atoms with van der Waals surface area (Å²) in [6.45, 7) is 0. The Balaban J connectivity index is 0. The molecule has 58 valence electrons. The topological polar surface area (TPSA) is 127 Å². The number of aldehydes is 1. The van der Waals surface area contributed by atoms with Gasteiger partial charge in [0.05, 0.1) is 0 Å². The van der Waals surface area contributed by atoms with Gasteiger partial charge in [0.25, 0.3) is 0 Å². The van der Waals surface area contributed by atoms with Crippen molar-refractivity contribution in [2.45, 2.75) is 0 Å². The van der Waals surface area contributed by atoms with Crippen LogP contribution in [0.3, 0.4) is 0 Å². The first kappa shape index (κ1) is 11.5. The molecule has 0 saturated heterocycles. The van der Waals surface area contributed by atoms with Crippen molar-refractivity contribution in [2.24, 2.45) is 10.3 Å². The Morgan fingerprint density at radius 2 is 1.80 bits per heavy atom. The van der Waals surface area contributed by atoms with Crippen LogP contribution in [0.1, 0.15) is 0 Å². The van der Waals surface area contributed by atoms with E-state index in [0.717, 1.165) is 0 Å². The van der Waals surface area contributed by atoms with Crippen molar-refractivity contribution in [3.8, 4) is 0 Å². The molecule has 8 heteroatoms. The second-order valence-corrected chi connectivity index (χ2v) is 1.42. The quantitative estimate of drug-likeness (QED) is 0.205. The highest BCUT2D eigenvalue weighted by atomic mass is 32.2. The minimum Gasteiger partial charge on any atom is -0.476 e. The molecule has 0 amide bonds. The van der Waals surface area contributed by atoms with Gasteiger partial charge in [-0.1, -0.05) is 4.47 Å². The second-order valence-electron chi connectivity index (χ2n) is 0.779. The van der Waals surface area contributed by atoms with Crippen molar-refractivity contribution < 1.29 is 23.1 Å². The van der Waals surface area contributed by atoms with Crippen molar-refractivity contribution in [1.29, 1.82) is 0 Å². The number of nitrogens with two attached hydrogens (primary N) is 1. The van der Waals surface area contributed by atoms with Crippen molar-refractivity contribution in [2.75, 3.05) is 0 Å². The van der Waals surface area contributed by atoms with Gasteiger partial charge in [0.2, 0.25) is 6.29 Å². The monoisotopic (exact) mass is 168 g/mol. The molecule has 0 aromatic heterocycles. The molecule has 0 aromatic rings. The van der Waals surface area contributed by atoms with Crippen LogP contribution in [0, 0.1) is 0 Å². The summed E-state index contributed by atoms with van der Waals surface area (Å²) in [6.07, 6.45) is -0.167. The average molecular weight is 168 g/mol. The molecule has 0 rings (SSSR count). The molecule has 0 saturated carbocycles. The van der Waals surface area contributed by atoms with Crippen LogP contribution in [0.5, 0.6) is 0 Å². The molecule has 3 N–H and O–H groups in total. The molecule has 0 aliphatic heterocycles. The predicted octanol–water partition coefficient (Wildman–Crippen LogP) is -1.81. The summed E-state index contributed by atoms with van der Waals surface area (Å²) in [5.41, 5.74) is 0. The third-order valence-electron chi connectivity index (χ3n) is 0.187. The van der Waals surface area contributed by atoms with Crippen LogP contribution in [-0.4, -0.2) is 25.8 Å². The van der Waals surface area contributed by atoms with E-state index < -0.39 is 16.5 Å². The third kappa shape index (κ3) is 29.7. The van der Waals surface area contributed by atoms with Crippen molar-refractivity contribution >= 4 is 22.8 Å². The lowest BCUT2D eigenvalue weighted by Gasteiger charge is -1.59. The van der Waals surface area contributed by atoms with Gasteiger partial charge in [-0.2, -0.15) is 8.42 Å². The number of hydrogen-bond acceptors (Lipinski definition) is 5. The van der Waals surface area contributed by atoms with Gasteiger partial charge in [-0.3, -0.25) is 4.79 Å². The molecule has 0 aromatic carbocycles. The van der Waals surface area contributed by atoms with Crippen LogP contribution in [0.2, 0.25) is 0 Å². The molecule has 0 heterocycles. The van der Waals surface area contributed by atoms with Crippen LogP contribution >= 0.6 is 0 Å². The first-order valence-electron chi connectivity index (χ1n) is 1.73. The van der Waals surface area contributed by atoms with E-state index in [1.807, 2.05) is 0 Å². The molecule has 0 atom stereocenters. The van der Waals surface area contributed by atoms with Crippen LogP contribution in [0.25, 0.3) is 0 Å². The Labute approximate surface area is 57.1 Å². The van der Waals surface area contributed by atoms with Crippen molar-refractivity contribution in [1.82, 2.24) is 0 Å². The van der Waals surface area contributed by atoms with Crippen LogP contribution in [0.4, 0.5) is 0 Å². The van der Waals surface area contributed by atoms with Gasteiger partial charge in [0.15, 0.2) is 0 Å². The van der Waals surface area contributed by atoms with Gasteiger partial charge in [-0.25, -0.2) is 10.6 Å². The number of nitrogens with zero attached hydrogens (tertiary/aromatic N) is 1. The molecule has 0 spiro atoms. The Morgan fingerprint density at radius 3 is 1.80 bits per heavy atom. The lowest BCUT2D eigenvalue weighted by atomic mass is 10.8. The lowest BCUT2D eigenvalue weighted by molar-refractivity contribution is -0.143. The van der Waals surface area contributed by atoms with Gasteiger partial charge < -0.3 is 5.11 Å². The van der Waals surface area contributed by atoms with Crippen LogP contribution in [0.15, 0.2) is 4.47 Å². The second kappa shape index (κ2) is 7.72. The van der Waals surface area contributed by atoms with E-state index in [1.54, 1.807) is 0 Å². The molecule has 0 radical (unpaired) electrons. The fourth-order valence-corrected chi connectivity index (χ4v) is 0. The highest BCUT2D eigenvalue weighted by Gasteiger charge is 1.80. The lowest BCUT2D eigenvalue weighted by Crippen LogP contribution is -1.91. The summed E-state index contributed by atoms with van der Waals surface area (Å²) in [4.78, 5) is 17.9. The smallest absolute Gasteiger partial charge is 0.368 e. The summed E-state index contributed by atoms with van der Waals surface area (Å²) in [5, 5.41) is 7.35. The summed E-state index contributed by atoms with van der Waals surface area (Å²) in [6, 6.07) is 0. The highest BCUT2D eigenvalue weighted by molar-refractivity contribution is 7.61. The molecule has 0 aliphatic rings. The zero-order chi connectivity index (χ0) is 8.57. The van der Waals surface area contributed by atoms with Crippen LogP contribution < -0.4 is 5.84 Å². The molecule has 0 unspecified atom stereocenters. The van der Waals surface area contributed by atoms with Crippen molar-refractivity contribution in [3.05, 3.63) is 0 Å². The summed E-state index contributed by atoms with van der Waals surface area (Å²) in [5.74, 6) is 2.76. The van der Waals surface area contributed by atoms with E-state index in [2.05, 4.69) is 10.3 Å². The third-order valence-corrected chi connectivity index (χ3v) is 0.359. The molecular weight excluding hydrogens is 164 g/mol. The molecule has 10 heavy (non-hydrogen) atoms. The van der Waals surface area contributed by atoms with Crippen molar-refractivity contribution in [3.63, 3.8) is 0 Å². The molecular formula is C2H4N2O5S. The summed E-state index contributed by atoms with van der Waals surface area (Å²) in [7, 11) is -2.42. The molecule has 0 bridgehead atoms. The van der Waals surface area contributed by atoms with Gasteiger partial charge in [-0.05, 0) is 0 Å². The highest BCUT2D eigenvalue weighted by Crippen LogP contribution is 1.39. The molecule has 0 fully saturated rings. The number of rotatable bonds is 1. The first-order valence-corrected chi connectivity index (χ1v) is 2.76. The number of carboxylic acid groups (broad SMARTS) is 1. The maximum Gasteiger partial charge on any atom is 0.368 e. The average Bonchev–Trinajstić information content (AvgIpc) is 1.89. The van der Waals surface area contributed by atoms with E-state index in [-0.39, 0.29) is 6.29 Å². The van der Waals surface area contributed by atoms with E-state index in [0.29, 0.717) is 0 Å². The SMILES string of the molecule is NN=S(=O)=O.O=CC(=O)O. The predicted molar refractivity (Wildman–Crippen MR) is 29.2 cm³/mol. The minimum absolute atomic E-state index is 0.167. The number of carboxylic acids is 1. The standard InChI is InChI=1S/C2H2O3.H2N2O2S/c3-1-2(4)5;1-2-5(3)4/h1H,(H,4,5);1H2. The number of carbonyl (C=O) groups excluding carboxylic acids is 1. The fraction of sp³-hybridized carbons (Fsp3) is 0. The minimum atomic E-state index is -2.42. The van der Waals surface area contributed by atoms with Gasteiger partial charge in [-0.15, -0.1) is 0 Å². The largest absolute Gasteiger partial charge is 0.476 e. The normalized spacial score (nSPS) is 6.50. The Hall–Kier alpha value is -1.28. The van der Waals surface area contributed by atoms with Gasteiger partial charge >= 0.3 is 16.5 Å². The van der Waals surface area contributed by atoms with Crippen LogP contribution in [-0.2, 0) is 20.1 Å². The van der Waals surface area contributed by atoms with Gasteiger partial charge in [0.1, 0.15) is 0 Å². The first-order chi connectivity index (χ1) is 4.54. The Bertz CT molecular complexity index is 220.